The Kier molecular flexibility index (Phi) is 8.19. The lowest BCUT2D eigenvalue weighted by Crippen LogP contribution is -2.26. The Labute approximate surface area is 219 Å². The lowest BCUT2D eigenvalue weighted by Gasteiger charge is -2.38. The molecule has 0 bridgehead atoms. The average Bonchev–Trinajstić information content (AvgIpc) is 2.90. The molecule has 5 rings (SSSR count). The van der Waals surface area contributed by atoms with Gasteiger partial charge in [-0.2, -0.15) is 4.39 Å². The van der Waals surface area contributed by atoms with Gasteiger partial charge in [0.05, 0.1) is 12.2 Å². The monoisotopic (exact) mass is 514 g/mol. The van der Waals surface area contributed by atoms with Gasteiger partial charge in [0, 0.05) is 0 Å². The topological polar surface area (TPSA) is 29.5 Å². The van der Waals surface area contributed by atoms with Gasteiger partial charge in [0.15, 0.2) is 11.6 Å². The third kappa shape index (κ3) is 5.87. The van der Waals surface area contributed by atoms with E-state index in [1.54, 1.807) is 6.92 Å². The SMILES string of the molecule is CC1CCc2cc(C3CCC(C4CCC(CCc5ccc(C(C)O)cc5F)CC4)CC3)c(F)c(F)c2O1. The Hall–Kier alpha value is -2.01. The zero-order chi connectivity index (χ0) is 26.1. The molecular formula is C32H41F3O2. The maximum absolute atomic E-state index is 15.0. The highest BCUT2D eigenvalue weighted by atomic mass is 19.2. The van der Waals surface area contributed by atoms with E-state index >= 15 is 0 Å². The second kappa shape index (κ2) is 11.4. The van der Waals surface area contributed by atoms with Gasteiger partial charge in [0.25, 0.3) is 0 Å². The number of ether oxygens (including phenoxy) is 1. The number of benzene rings is 2. The number of fused-ring (bicyclic) bond motifs is 1. The minimum atomic E-state index is -0.793. The van der Waals surface area contributed by atoms with E-state index in [4.69, 9.17) is 4.74 Å². The summed E-state index contributed by atoms with van der Waals surface area (Å²) in [5.74, 6) is 0.567. The summed E-state index contributed by atoms with van der Waals surface area (Å²) in [6.45, 7) is 3.56. The molecule has 2 nitrogen and oxygen atoms in total. The van der Waals surface area contributed by atoms with Gasteiger partial charge in [0.2, 0.25) is 5.82 Å². The fourth-order valence-corrected chi connectivity index (χ4v) is 7.15. The van der Waals surface area contributed by atoms with Gasteiger partial charge >= 0.3 is 0 Å². The van der Waals surface area contributed by atoms with Gasteiger partial charge in [-0.1, -0.05) is 25.0 Å². The molecule has 1 aliphatic heterocycles. The molecule has 2 aromatic rings. The van der Waals surface area contributed by atoms with Crippen LogP contribution in [0.2, 0.25) is 0 Å². The van der Waals surface area contributed by atoms with E-state index in [0.29, 0.717) is 23.0 Å². The van der Waals surface area contributed by atoms with Crippen LogP contribution < -0.4 is 4.74 Å². The molecule has 2 saturated carbocycles. The summed E-state index contributed by atoms with van der Waals surface area (Å²) >= 11 is 0. The Bertz CT molecular complexity index is 1080. The summed E-state index contributed by atoms with van der Waals surface area (Å²) in [5.41, 5.74) is 2.76. The lowest BCUT2D eigenvalue weighted by molar-refractivity contribution is 0.155. The molecule has 2 unspecified atom stereocenters. The van der Waals surface area contributed by atoms with E-state index in [1.807, 2.05) is 25.1 Å². The highest BCUT2D eigenvalue weighted by Crippen LogP contribution is 2.46. The molecule has 202 valence electrons. The number of aryl methyl sites for hydroxylation is 2. The van der Waals surface area contributed by atoms with Crippen molar-refractivity contribution < 1.29 is 23.0 Å². The van der Waals surface area contributed by atoms with Gasteiger partial charge in [-0.15, -0.1) is 0 Å². The van der Waals surface area contributed by atoms with Crippen molar-refractivity contribution in [2.24, 2.45) is 17.8 Å². The van der Waals surface area contributed by atoms with Crippen molar-refractivity contribution in [1.82, 2.24) is 0 Å². The second-order valence-electron chi connectivity index (χ2n) is 12.0. The summed E-state index contributed by atoms with van der Waals surface area (Å²) in [6, 6.07) is 7.00. The van der Waals surface area contributed by atoms with Crippen molar-refractivity contribution in [1.29, 1.82) is 0 Å². The zero-order valence-electron chi connectivity index (χ0n) is 22.2. The molecule has 2 aliphatic carbocycles. The number of rotatable bonds is 6. The van der Waals surface area contributed by atoms with Crippen LogP contribution in [0.1, 0.15) is 112 Å². The highest BCUT2D eigenvalue weighted by molar-refractivity contribution is 5.42. The predicted molar refractivity (Wildman–Crippen MR) is 140 cm³/mol. The molecule has 0 radical (unpaired) electrons. The van der Waals surface area contributed by atoms with Crippen molar-refractivity contribution in [3.8, 4) is 5.75 Å². The van der Waals surface area contributed by atoms with E-state index in [9.17, 15) is 18.3 Å². The first-order valence-electron chi connectivity index (χ1n) is 14.4. The Morgan fingerprint density at radius 2 is 1.57 bits per heavy atom. The van der Waals surface area contributed by atoms with Crippen molar-refractivity contribution in [2.45, 2.75) is 109 Å². The molecule has 1 heterocycles. The van der Waals surface area contributed by atoms with E-state index in [0.717, 1.165) is 68.4 Å². The van der Waals surface area contributed by atoms with Gasteiger partial charge in [-0.25, -0.2) is 8.78 Å². The molecule has 0 aromatic heterocycles. The smallest absolute Gasteiger partial charge is 0.201 e. The molecule has 1 N–H and O–H groups in total. The first-order chi connectivity index (χ1) is 17.8. The summed E-state index contributed by atoms with van der Waals surface area (Å²) in [5, 5.41) is 9.65. The quantitative estimate of drug-likeness (QED) is 0.418. The summed E-state index contributed by atoms with van der Waals surface area (Å²) < 4.78 is 49.8. The molecule has 2 fully saturated rings. The summed E-state index contributed by atoms with van der Waals surface area (Å²) in [6.07, 6.45) is 11.5. The molecule has 0 spiro atoms. The lowest BCUT2D eigenvalue weighted by atomic mass is 9.67. The van der Waals surface area contributed by atoms with Crippen molar-refractivity contribution >= 4 is 0 Å². The molecule has 0 amide bonds. The van der Waals surface area contributed by atoms with Gasteiger partial charge < -0.3 is 9.84 Å². The molecule has 5 heteroatoms. The van der Waals surface area contributed by atoms with Gasteiger partial charge in [0.1, 0.15) is 5.82 Å². The van der Waals surface area contributed by atoms with Gasteiger partial charge in [-0.05, 0) is 136 Å². The minimum absolute atomic E-state index is 0.0683. The van der Waals surface area contributed by atoms with Crippen LogP contribution in [0.25, 0.3) is 0 Å². The Morgan fingerprint density at radius 1 is 0.892 bits per heavy atom. The standard InChI is InChI=1S/C32H41F3O2/c1-19-3-7-27-17-28(30(34)31(35)32(27)37-19)24-13-11-23(12-14-24)22-8-4-21(5-9-22)6-10-25-15-16-26(20(2)36)18-29(25)33/h15-24,36H,3-14H2,1-2H3. The predicted octanol–water partition coefficient (Wildman–Crippen LogP) is 8.58. The normalized spacial score (nSPS) is 28.9. The van der Waals surface area contributed by atoms with Crippen LogP contribution >= 0.6 is 0 Å². The van der Waals surface area contributed by atoms with Crippen LogP contribution in [0.15, 0.2) is 24.3 Å². The third-order valence-electron chi connectivity index (χ3n) is 9.56. The largest absolute Gasteiger partial charge is 0.487 e. The van der Waals surface area contributed by atoms with E-state index in [-0.39, 0.29) is 23.6 Å². The van der Waals surface area contributed by atoms with Crippen molar-refractivity contribution in [2.75, 3.05) is 0 Å². The van der Waals surface area contributed by atoms with E-state index in [2.05, 4.69) is 0 Å². The summed E-state index contributed by atoms with van der Waals surface area (Å²) in [7, 11) is 0. The van der Waals surface area contributed by atoms with Crippen LogP contribution in [-0.4, -0.2) is 11.2 Å². The van der Waals surface area contributed by atoms with Crippen molar-refractivity contribution in [3.63, 3.8) is 0 Å². The van der Waals surface area contributed by atoms with Crippen LogP contribution in [0.3, 0.4) is 0 Å². The third-order valence-corrected chi connectivity index (χ3v) is 9.56. The Balaban J connectivity index is 1.10. The number of hydrogen-bond donors (Lipinski definition) is 1. The Morgan fingerprint density at radius 3 is 2.22 bits per heavy atom. The van der Waals surface area contributed by atoms with Gasteiger partial charge in [-0.3, -0.25) is 0 Å². The fourth-order valence-electron chi connectivity index (χ4n) is 7.15. The van der Waals surface area contributed by atoms with E-state index in [1.165, 1.54) is 31.7 Å². The first kappa shape index (κ1) is 26.6. The van der Waals surface area contributed by atoms with Crippen molar-refractivity contribution in [3.05, 3.63) is 64.0 Å². The van der Waals surface area contributed by atoms with Crippen LogP contribution in [0, 0.1) is 35.2 Å². The fraction of sp³-hybridized carbons (Fsp3) is 0.625. The summed E-state index contributed by atoms with van der Waals surface area (Å²) in [4.78, 5) is 0. The molecule has 37 heavy (non-hydrogen) atoms. The minimum Gasteiger partial charge on any atom is -0.487 e. The maximum Gasteiger partial charge on any atom is 0.201 e. The zero-order valence-corrected chi connectivity index (χ0v) is 22.2. The molecule has 2 atom stereocenters. The second-order valence-corrected chi connectivity index (χ2v) is 12.0. The average molecular weight is 515 g/mol. The number of aliphatic hydroxyl groups is 1. The van der Waals surface area contributed by atoms with E-state index < -0.39 is 17.7 Å². The molecule has 3 aliphatic rings. The highest BCUT2D eigenvalue weighted by Gasteiger charge is 2.34. The van der Waals surface area contributed by atoms with Crippen LogP contribution in [0.4, 0.5) is 13.2 Å². The maximum atomic E-state index is 15.0. The molecular weight excluding hydrogens is 473 g/mol. The molecule has 2 aromatic carbocycles. The van der Waals surface area contributed by atoms with Crippen LogP contribution in [-0.2, 0) is 12.8 Å². The number of halogens is 3. The number of aliphatic hydroxyl groups excluding tert-OH is 1. The number of hydrogen-bond acceptors (Lipinski definition) is 2. The molecule has 0 saturated heterocycles. The van der Waals surface area contributed by atoms with Crippen LogP contribution in [0.5, 0.6) is 5.75 Å². The first-order valence-corrected chi connectivity index (χ1v) is 14.4.